The van der Waals surface area contributed by atoms with E-state index in [4.69, 9.17) is 9.47 Å². The van der Waals surface area contributed by atoms with Gasteiger partial charge in [0.2, 0.25) is 15.9 Å². The van der Waals surface area contributed by atoms with Gasteiger partial charge in [-0.15, -0.1) is 0 Å². The van der Waals surface area contributed by atoms with Crippen molar-refractivity contribution in [2.75, 3.05) is 25.4 Å². The second-order valence-corrected chi connectivity index (χ2v) is 11.1. The Labute approximate surface area is 199 Å². The molecule has 0 spiro atoms. The van der Waals surface area contributed by atoms with Gasteiger partial charge in [0.05, 0.1) is 17.4 Å². The van der Waals surface area contributed by atoms with Crippen LogP contribution in [0, 0.1) is 0 Å². The predicted octanol–water partition coefficient (Wildman–Crippen LogP) is 3.00. The van der Waals surface area contributed by atoms with Gasteiger partial charge in [0.15, 0.2) is 0 Å². The standard InChI is InChI=1S/C23H29N3O5S2/c1-3-30-20-11-17-10-16(2)31-21(17)12-18(20)13-24-22(27)15-32-23-7-6-19(14-25-23)33(28,29)26-8-4-5-9-26/h6-7,11-12,14,16H,3-5,8-10,13,15H2,1-2H3,(H,24,27). The molecule has 4 rings (SSSR count). The van der Waals surface area contributed by atoms with Crippen molar-refractivity contribution in [1.82, 2.24) is 14.6 Å². The van der Waals surface area contributed by atoms with Gasteiger partial charge in [0.1, 0.15) is 22.5 Å². The summed E-state index contributed by atoms with van der Waals surface area (Å²) in [5, 5.41) is 3.52. The Balaban J connectivity index is 1.31. The molecule has 0 saturated carbocycles. The highest BCUT2D eigenvalue weighted by Crippen LogP contribution is 2.35. The molecule has 1 atom stereocenters. The molecule has 1 N–H and O–H groups in total. The molecule has 2 aromatic rings. The van der Waals surface area contributed by atoms with Crippen molar-refractivity contribution in [2.24, 2.45) is 0 Å². The molecule has 1 fully saturated rings. The Morgan fingerprint density at radius 2 is 2.09 bits per heavy atom. The first kappa shape index (κ1) is 23.8. The minimum atomic E-state index is -3.48. The highest BCUT2D eigenvalue weighted by atomic mass is 32.2. The number of hydrogen-bond acceptors (Lipinski definition) is 7. The van der Waals surface area contributed by atoms with Crippen molar-refractivity contribution in [3.63, 3.8) is 0 Å². The first-order valence-electron chi connectivity index (χ1n) is 11.2. The highest BCUT2D eigenvalue weighted by Gasteiger charge is 2.27. The normalized spacial score (nSPS) is 18.1. The fraction of sp³-hybridized carbons (Fsp3) is 0.478. The zero-order chi connectivity index (χ0) is 23.4. The number of fused-ring (bicyclic) bond motifs is 1. The van der Waals surface area contributed by atoms with E-state index in [9.17, 15) is 13.2 Å². The summed E-state index contributed by atoms with van der Waals surface area (Å²) < 4.78 is 38.3. The lowest BCUT2D eigenvalue weighted by molar-refractivity contribution is -0.118. The maximum atomic E-state index is 12.6. The zero-order valence-electron chi connectivity index (χ0n) is 18.9. The summed E-state index contributed by atoms with van der Waals surface area (Å²) in [6, 6.07) is 7.15. The third-order valence-corrected chi connectivity index (χ3v) is 8.44. The van der Waals surface area contributed by atoms with E-state index in [1.165, 1.54) is 22.3 Å². The fourth-order valence-electron chi connectivity index (χ4n) is 3.98. The van der Waals surface area contributed by atoms with E-state index < -0.39 is 10.0 Å². The van der Waals surface area contributed by atoms with Crippen LogP contribution in [0.25, 0.3) is 0 Å². The van der Waals surface area contributed by atoms with Crippen molar-refractivity contribution >= 4 is 27.7 Å². The summed E-state index contributed by atoms with van der Waals surface area (Å²) in [5.74, 6) is 1.64. The number of aromatic nitrogens is 1. The molecule has 3 heterocycles. The Morgan fingerprint density at radius 3 is 2.79 bits per heavy atom. The number of carbonyl (C=O) groups is 1. The summed E-state index contributed by atoms with van der Waals surface area (Å²) in [6.45, 7) is 5.95. The molecule has 1 unspecified atom stereocenters. The Bertz CT molecular complexity index is 1100. The second-order valence-electron chi connectivity index (χ2n) is 8.14. The van der Waals surface area contributed by atoms with Gasteiger partial charge in [-0.25, -0.2) is 13.4 Å². The van der Waals surface area contributed by atoms with Crippen LogP contribution >= 0.6 is 11.8 Å². The molecular weight excluding hydrogens is 462 g/mol. The Hall–Kier alpha value is -2.30. The van der Waals surface area contributed by atoms with Crippen molar-refractivity contribution in [3.8, 4) is 11.5 Å². The van der Waals surface area contributed by atoms with E-state index in [1.807, 2.05) is 26.0 Å². The van der Waals surface area contributed by atoms with E-state index in [2.05, 4.69) is 10.3 Å². The average Bonchev–Trinajstić information content (AvgIpc) is 3.46. The molecule has 33 heavy (non-hydrogen) atoms. The summed E-state index contributed by atoms with van der Waals surface area (Å²) in [4.78, 5) is 16.8. The van der Waals surface area contributed by atoms with Crippen LogP contribution in [0.2, 0.25) is 0 Å². The van der Waals surface area contributed by atoms with Crippen molar-refractivity contribution < 1.29 is 22.7 Å². The van der Waals surface area contributed by atoms with Crippen LogP contribution in [0.4, 0.5) is 0 Å². The number of rotatable bonds is 9. The van der Waals surface area contributed by atoms with E-state index in [0.717, 1.165) is 41.9 Å². The summed E-state index contributed by atoms with van der Waals surface area (Å²) in [7, 11) is -3.48. The van der Waals surface area contributed by atoms with Crippen LogP contribution in [0.1, 0.15) is 37.8 Å². The lowest BCUT2D eigenvalue weighted by Gasteiger charge is -2.15. The minimum absolute atomic E-state index is 0.139. The van der Waals surface area contributed by atoms with E-state index in [-0.39, 0.29) is 22.7 Å². The average molecular weight is 492 g/mol. The molecule has 2 aliphatic rings. The molecule has 2 aliphatic heterocycles. The van der Waals surface area contributed by atoms with Gasteiger partial charge in [-0.2, -0.15) is 4.31 Å². The van der Waals surface area contributed by atoms with Gasteiger partial charge in [-0.1, -0.05) is 11.8 Å². The number of pyridine rings is 1. The molecule has 0 bridgehead atoms. The number of thioether (sulfide) groups is 1. The molecule has 0 radical (unpaired) electrons. The van der Waals surface area contributed by atoms with Gasteiger partial charge in [0.25, 0.3) is 0 Å². The third-order valence-electron chi connectivity index (χ3n) is 5.62. The van der Waals surface area contributed by atoms with Crippen LogP contribution in [0.15, 0.2) is 40.4 Å². The number of hydrogen-bond donors (Lipinski definition) is 1. The number of nitrogens with one attached hydrogen (secondary N) is 1. The molecule has 1 saturated heterocycles. The van der Waals surface area contributed by atoms with Crippen LogP contribution in [0.5, 0.6) is 11.5 Å². The molecule has 8 nitrogen and oxygen atoms in total. The predicted molar refractivity (Wildman–Crippen MR) is 126 cm³/mol. The smallest absolute Gasteiger partial charge is 0.244 e. The van der Waals surface area contributed by atoms with Gasteiger partial charge in [-0.3, -0.25) is 4.79 Å². The first-order valence-corrected chi connectivity index (χ1v) is 13.6. The SMILES string of the molecule is CCOc1cc2c(cc1CNC(=O)CSc1ccc(S(=O)(=O)N3CCCC3)cn1)OC(C)C2. The monoisotopic (exact) mass is 491 g/mol. The van der Waals surface area contributed by atoms with Crippen molar-refractivity contribution in [3.05, 3.63) is 41.6 Å². The summed E-state index contributed by atoms with van der Waals surface area (Å²) >= 11 is 1.26. The number of nitrogens with zero attached hydrogens (tertiary/aromatic N) is 2. The molecule has 0 aliphatic carbocycles. The number of carbonyl (C=O) groups excluding carboxylic acids is 1. The van der Waals surface area contributed by atoms with Gasteiger partial charge >= 0.3 is 0 Å². The lowest BCUT2D eigenvalue weighted by Crippen LogP contribution is -2.27. The maximum Gasteiger partial charge on any atom is 0.244 e. The van der Waals surface area contributed by atoms with Gasteiger partial charge in [0, 0.05) is 43.4 Å². The number of benzene rings is 1. The molecular formula is C23H29N3O5S2. The minimum Gasteiger partial charge on any atom is -0.494 e. The third kappa shape index (κ3) is 5.62. The Morgan fingerprint density at radius 1 is 1.30 bits per heavy atom. The fourth-order valence-corrected chi connectivity index (χ4v) is 6.11. The lowest BCUT2D eigenvalue weighted by atomic mass is 10.1. The van der Waals surface area contributed by atoms with Crippen LogP contribution < -0.4 is 14.8 Å². The maximum absolute atomic E-state index is 12.6. The first-order chi connectivity index (χ1) is 15.9. The van der Waals surface area contributed by atoms with Crippen LogP contribution in [0.3, 0.4) is 0 Å². The topological polar surface area (TPSA) is 97.8 Å². The second kappa shape index (κ2) is 10.3. The Kier molecular flexibility index (Phi) is 7.45. The van der Waals surface area contributed by atoms with Crippen molar-refractivity contribution in [2.45, 2.75) is 55.7 Å². The van der Waals surface area contributed by atoms with Gasteiger partial charge in [-0.05, 0) is 51.0 Å². The molecule has 10 heteroatoms. The van der Waals surface area contributed by atoms with Gasteiger partial charge < -0.3 is 14.8 Å². The van der Waals surface area contributed by atoms with Crippen LogP contribution in [-0.2, 0) is 27.8 Å². The molecule has 1 amide bonds. The van der Waals surface area contributed by atoms with Crippen molar-refractivity contribution in [1.29, 1.82) is 0 Å². The molecule has 1 aromatic carbocycles. The van der Waals surface area contributed by atoms with E-state index in [1.54, 1.807) is 12.1 Å². The zero-order valence-corrected chi connectivity index (χ0v) is 20.5. The molecule has 1 aromatic heterocycles. The summed E-state index contributed by atoms with van der Waals surface area (Å²) in [6.07, 6.45) is 4.14. The van der Waals surface area contributed by atoms with E-state index in [0.29, 0.717) is 31.3 Å². The largest absolute Gasteiger partial charge is 0.494 e. The number of ether oxygens (including phenoxy) is 2. The molecule has 178 valence electrons. The highest BCUT2D eigenvalue weighted by molar-refractivity contribution is 7.99. The van der Waals surface area contributed by atoms with E-state index >= 15 is 0 Å². The van der Waals surface area contributed by atoms with Crippen LogP contribution in [-0.4, -0.2) is 55.2 Å². The summed E-state index contributed by atoms with van der Waals surface area (Å²) in [5.41, 5.74) is 2.00. The quantitative estimate of drug-likeness (QED) is 0.539. The number of amides is 1. The number of sulfonamides is 1.